The van der Waals surface area contributed by atoms with Gasteiger partial charge in [0, 0.05) is 7.11 Å². The summed E-state index contributed by atoms with van der Waals surface area (Å²) >= 11 is 0. The standard InChI is InChI=1S/C15H19NO8S.FH/c1-9(17)12(24-15(19)10(2)23-3)8-14(18)16-11-6-4-5-7-13(11)25(20,21)22;/h4-7,10,12H,8H2,1-3H3,(H,16,18)(H,20,21,22);1H. The van der Waals surface area contributed by atoms with E-state index in [-0.39, 0.29) is 10.4 Å². The fourth-order valence-corrected chi connectivity index (χ4v) is 2.41. The summed E-state index contributed by atoms with van der Waals surface area (Å²) in [6, 6.07) is 5.19. The normalized spacial score (nSPS) is 13.1. The first kappa shape index (κ1) is 23.6. The second-order valence-corrected chi connectivity index (χ2v) is 6.53. The molecule has 146 valence electrons. The van der Waals surface area contributed by atoms with Crippen molar-refractivity contribution in [1.82, 2.24) is 0 Å². The molecule has 0 radical (unpaired) electrons. The summed E-state index contributed by atoms with van der Waals surface area (Å²) in [7, 11) is -3.26. The number of esters is 1. The maximum Gasteiger partial charge on any atom is 0.335 e. The van der Waals surface area contributed by atoms with Crippen LogP contribution in [0.5, 0.6) is 0 Å². The third-order valence-corrected chi connectivity index (χ3v) is 4.12. The van der Waals surface area contributed by atoms with Crippen LogP contribution in [-0.4, -0.2) is 49.9 Å². The molecule has 26 heavy (non-hydrogen) atoms. The summed E-state index contributed by atoms with van der Waals surface area (Å²) in [4.78, 5) is 34.8. The van der Waals surface area contributed by atoms with Crippen LogP contribution in [0, 0.1) is 0 Å². The zero-order valence-electron chi connectivity index (χ0n) is 14.3. The van der Waals surface area contributed by atoms with E-state index in [1.54, 1.807) is 0 Å². The Morgan fingerprint density at radius 3 is 2.31 bits per heavy atom. The summed E-state index contributed by atoms with van der Waals surface area (Å²) in [6.07, 6.45) is -2.77. The average molecular weight is 393 g/mol. The van der Waals surface area contributed by atoms with Gasteiger partial charge in [0.15, 0.2) is 18.0 Å². The molecule has 0 aliphatic carbocycles. The Kier molecular flexibility index (Phi) is 9.04. The summed E-state index contributed by atoms with van der Waals surface area (Å²) in [5, 5.41) is 2.27. The molecular weight excluding hydrogens is 373 g/mol. The van der Waals surface area contributed by atoms with Crippen LogP contribution < -0.4 is 5.32 Å². The molecule has 11 heteroatoms. The molecule has 1 aromatic carbocycles. The Balaban J connectivity index is 0.00000625. The molecule has 9 nitrogen and oxygen atoms in total. The van der Waals surface area contributed by atoms with E-state index in [9.17, 15) is 22.8 Å². The van der Waals surface area contributed by atoms with E-state index in [1.165, 1.54) is 32.2 Å². The van der Waals surface area contributed by atoms with Crippen molar-refractivity contribution in [2.45, 2.75) is 37.4 Å². The Hall–Kier alpha value is -2.37. The Bertz CT molecular complexity index is 765. The second kappa shape index (κ2) is 9.94. The first-order chi connectivity index (χ1) is 11.6. The lowest BCUT2D eigenvalue weighted by Crippen LogP contribution is -2.34. The molecule has 2 atom stereocenters. The molecule has 0 aliphatic heterocycles. The zero-order chi connectivity index (χ0) is 19.2. The van der Waals surface area contributed by atoms with Gasteiger partial charge in [-0.25, -0.2) is 4.79 Å². The second-order valence-electron chi connectivity index (χ2n) is 5.14. The summed E-state index contributed by atoms with van der Waals surface area (Å²) in [5.74, 6) is -2.14. The molecule has 1 aromatic rings. The number of para-hydroxylation sites is 1. The Labute approximate surface area is 149 Å². The molecule has 1 amide bonds. The van der Waals surface area contributed by atoms with Gasteiger partial charge in [0.05, 0.1) is 12.1 Å². The van der Waals surface area contributed by atoms with E-state index in [0.717, 1.165) is 13.0 Å². The van der Waals surface area contributed by atoms with Gasteiger partial charge < -0.3 is 14.8 Å². The van der Waals surface area contributed by atoms with E-state index < -0.39 is 51.3 Å². The molecule has 2 N–H and O–H groups in total. The number of ether oxygens (including phenoxy) is 2. The predicted octanol–water partition coefficient (Wildman–Crippen LogP) is 0.950. The van der Waals surface area contributed by atoms with Gasteiger partial charge in [-0.05, 0) is 26.0 Å². The summed E-state index contributed by atoms with van der Waals surface area (Å²) < 4.78 is 41.4. The quantitative estimate of drug-likeness (QED) is 0.492. The molecule has 0 aromatic heterocycles. The maximum atomic E-state index is 12.1. The molecule has 2 unspecified atom stereocenters. The number of Topliss-reactive ketones (excluding diaryl/α,β-unsaturated/α-hetero) is 1. The predicted molar refractivity (Wildman–Crippen MR) is 89.0 cm³/mol. The Morgan fingerprint density at radius 1 is 1.23 bits per heavy atom. The first-order valence-corrected chi connectivity index (χ1v) is 8.60. The van der Waals surface area contributed by atoms with Gasteiger partial charge in [-0.2, -0.15) is 8.42 Å². The van der Waals surface area contributed by atoms with E-state index >= 15 is 0 Å². The van der Waals surface area contributed by atoms with Crippen molar-refractivity contribution >= 4 is 33.5 Å². The smallest absolute Gasteiger partial charge is 0.335 e. The van der Waals surface area contributed by atoms with Crippen LogP contribution in [0.15, 0.2) is 29.2 Å². The van der Waals surface area contributed by atoms with E-state index in [2.05, 4.69) is 5.32 Å². The molecule has 0 fully saturated rings. The van der Waals surface area contributed by atoms with Crippen LogP contribution in [0.1, 0.15) is 20.3 Å². The molecule has 0 bridgehead atoms. The van der Waals surface area contributed by atoms with Crippen molar-refractivity contribution in [3.63, 3.8) is 0 Å². The number of hydrogen-bond donors (Lipinski definition) is 2. The van der Waals surface area contributed by atoms with Crippen LogP contribution in [0.4, 0.5) is 10.4 Å². The van der Waals surface area contributed by atoms with Gasteiger partial charge in [0.25, 0.3) is 10.1 Å². The number of halogens is 1. The van der Waals surface area contributed by atoms with Gasteiger partial charge in [0.2, 0.25) is 5.91 Å². The van der Waals surface area contributed by atoms with Gasteiger partial charge in [-0.15, -0.1) is 0 Å². The SMILES string of the molecule is COC(C)C(=O)OC(CC(=O)Nc1ccccc1S(=O)(=O)O)C(C)=O.F. The monoisotopic (exact) mass is 393 g/mol. The molecule has 0 spiro atoms. The largest absolute Gasteiger partial charge is 0.452 e. The van der Waals surface area contributed by atoms with Crippen molar-refractivity contribution in [3.05, 3.63) is 24.3 Å². The van der Waals surface area contributed by atoms with Gasteiger partial charge >= 0.3 is 5.97 Å². The minimum atomic E-state index is -4.54. The minimum Gasteiger partial charge on any atom is -0.452 e. The number of benzene rings is 1. The number of carbonyl (C=O) groups excluding carboxylic acids is 3. The minimum absolute atomic E-state index is 0. The molecule has 0 saturated heterocycles. The lowest BCUT2D eigenvalue weighted by atomic mass is 10.1. The van der Waals surface area contributed by atoms with Gasteiger partial charge in [-0.3, -0.25) is 18.8 Å². The van der Waals surface area contributed by atoms with Gasteiger partial charge in [-0.1, -0.05) is 12.1 Å². The third-order valence-electron chi connectivity index (χ3n) is 3.21. The fourth-order valence-electron chi connectivity index (χ4n) is 1.77. The van der Waals surface area contributed by atoms with Crippen LogP contribution >= 0.6 is 0 Å². The van der Waals surface area contributed by atoms with Crippen molar-refractivity contribution in [1.29, 1.82) is 0 Å². The highest BCUT2D eigenvalue weighted by Gasteiger charge is 2.26. The highest BCUT2D eigenvalue weighted by Crippen LogP contribution is 2.20. The average Bonchev–Trinajstić information content (AvgIpc) is 2.52. The van der Waals surface area contributed by atoms with Crippen molar-refractivity contribution in [3.8, 4) is 0 Å². The lowest BCUT2D eigenvalue weighted by Gasteiger charge is -2.17. The van der Waals surface area contributed by atoms with Crippen LogP contribution in [0.2, 0.25) is 0 Å². The van der Waals surface area contributed by atoms with Crippen molar-refractivity contribution < 1.29 is 41.5 Å². The Morgan fingerprint density at radius 2 is 1.81 bits per heavy atom. The number of ketones is 1. The molecule has 0 saturated carbocycles. The molecular formula is C15H20FNO8S. The molecule has 1 rings (SSSR count). The highest BCUT2D eigenvalue weighted by atomic mass is 32.2. The first-order valence-electron chi connectivity index (χ1n) is 7.16. The van der Waals surface area contributed by atoms with Crippen molar-refractivity contribution in [2.75, 3.05) is 12.4 Å². The van der Waals surface area contributed by atoms with Crippen LogP contribution in [0.3, 0.4) is 0 Å². The van der Waals surface area contributed by atoms with E-state index in [1.807, 2.05) is 0 Å². The lowest BCUT2D eigenvalue weighted by molar-refractivity contribution is -0.164. The third kappa shape index (κ3) is 6.86. The van der Waals surface area contributed by atoms with E-state index in [0.29, 0.717) is 0 Å². The van der Waals surface area contributed by atoms with E-state index in [4.69, 9.17) is 14.0 Å². The molecule has 0 heterocycles. The zero-order valence-corrected chi connectivity index (χ0v) is 15.1. The number of nitrogens with one attached hydrogen (secondary N) is 1. The maximum absolute atomic E-state index is 12.1. The summed E-state index contributed by atoms with van der Waals surface area (Å²) in [5.41, 5.74) is -0.158. The number of amides is 1. The number of carbonyl (C=O) groups is 3. The number of anilines is 1. The molecule has 0 aliphatic rings. The van der Waals surface area contributed by atoms with Crippen LogP contribution in [0.25, 0.3) is 0 Å². The summed E-state index contributed by atoms with van der Waals surface area (Å²) in [6.45, 7) is 2.57. The topological polar surface area (TPSA) is 136 Å². The fraction of sp³-hybridized carbons (Fsp3) is 0.400. The number of hydrogen-bond acceptors (Lipinski definition) is 7. The van der Waals surface area contributed by atoms with Crippen LogP contribution in [-0.2, 0) is 34.0 Å². The highest BCUT2D eigenvalue weighted by molar-refractivity contribution is 7.86. The van der Waals surface area contributed by atoms with Gasteiger partial charge in [0.1, 0.15) is 4.90 Å². The van der Waals surface area contributed by atoms with Crippen molar-refractivity contribution in [2.24, 2.45) is 0 Å². The number of rotatable bonds is 8. The number of methoxy groups -OCH3 is 1.